The minimum atomic E-state index is -1.01. The number of anilines is 1. The molecule has 0 radical (unpaired) electrons. The molecular weight excluding hydrogens is 334 g/mol. The molecular formula is C15H17N3O5S. The van der Waals surface area contributed by atoms with Gasteiger partial charge in [0.2, 0.25) is 5.91 Å². The summed E-state index contributed by atoms with van der Waals surface area (Å²) in [5.41, 5.74) is 0.556. The second-order valence-electron chi connectivity index (χ2n) is 5.83. The van der Waals surface area contributed by atoms with E-state index in [0.717, 1.165) is 9.80 Å². The number of imide groups is 2. The Kier molecular flexibility index (Phi) is 4.14. The van der Waals surface area contributed by atoms with Crippen LogP contribution >= 0.6 is 11.3 Å². The predicted octanol–water partition coefficient (Wildman–Crippen LogP) is 0.284. The fourth-order valence-corrected chi connectivity index (χ4v) is 3.94. The van der Waals surface area contributed by atoms with E-state index in [2.05, 4.69) is 5.32 Å². The van der Waals surface area contributed by atoms with Crippen molar-refractivity contribution in [3.05, 3.63) is 16.5 Å². The molecule has 2 atom stereocenters. The molecule has 3 heterocycles. The molecule has 9 heteroatoms. The number of hydrogen-bond donors (Lipinski definition) is 2. The van der Waals surface area contributed by atoms with Gasteiger partial charge in [0, 0.05) is 18.8 Å². The van der Waals surface area contributed by atoms with E-state index < -0.39 is 35.8 Å². The summed E-state index contributed by atoms with van der Waals surface area (Å²) in [4.78, 5) is 51.7. The van der Waals surface area contributed by atoms with Crippen molar-refractivity contribution in [1.29, 1.82) is 0 Å². The highest BCUT2D eigenvalue weighted by Crippen LogP contribution is 2.37. The van der Waals surface area contributed by atoms with Crippen molar-refractivity contribution >= 4 is 40.0 Å². The van der Waals surface area contributed by atoms with Crippen LogP contribution in [0.1, 0.15) is 40.5 Å². The highest BCUT2D eigenvalue weighted by atomic mass is 32.1. The van der Waals surface area contributed by atoms with Gasteiger partial charge in [0.05, 0.1) is 23.8 Å². The van der Waals surface area contributed by atoms with Gasteiger partial charge < -0.3 is 10.4 Å². The number of amides is 4. The highest BCUT2D eigenvalue weighted by molar-refractivity contribution is 7.15. The van der Waals surface area contributed by atoms with Crippen molar-refractivity contribution in [2.45, 2.75) is 31.9 Å². The van der Waals surface area contributed by atoms with Crippen molar-refractivity contribution in [2.75, 3.05) is 18.9 Å². The van der Waals surface area contributed by atoms with Crippen LogP contribution in [0.4, 0.5) is 5.00 Å². The Labute approximate surface area is 142 Å². The lowest BCUT2D eigenvalue weighted by molar-refractivity contribution is -0.153. The topological polar surface area (TPSA) is 107 Å². The van der Waals surface area contributed by atoms with Gasteiger partial charge in [-0.2, -0.15) is 0 Å². The third kappa shape index (κ3) is 2.40. The largest absolute Gasteiger partial charge is 0.392 e. The number of aliphatic hydroxyl groups is 1. The first-order chi connectivity index (χ1) is 11.4. The van der Waals surface area contributed by atoms with Gasteiger partial charge in [0.1, 0.15) is 11.0 Å². The molecule has 1 saturated heterocycles. The van der Waals surface area contributed by atoms with Gasteiger partial charge in [0.25, 0.3) is 17.7 Å². The summed E-state index contributed by atoms with van der Waals surface area (Å²) in [6, 6.07) is -1.01. The lowest BCUT2D eigenvalue weighted by Crippen LogP contribution is -2.57. The average Bonchev–Trinajstić information content (AvgIpc) is 3.05. The minimum absolute atomic E-state index is 0.0475. The van der Waals surface area contributed by atoms with Gasteiger partial charge in [-0.3, -0.25) is 29.0 Å². The summed E-state index contributed by atoms with van der Waals surface area (Å²) in [7, 11) is 1.65. The van der Waals surface area contributed by atoms with Crippen LogP contribution in [0.5, 0.6) is 0 Å². The van der Waals surface area contributed by atoms with Crippen LogP contribution in [0.3, 0.4) is 0 Å². The van der Waals surface area contributed by atoms with E-state index in [0.29, 0.717) is 5.00 Å². The molecule has 2 aliphatic rings. The first-order valence-electron chi connectivity index (χ1n) is 7.56. The molecule has 8 nitrogen and oxygen atoms in total. The Morgan fingerprint density at radius 3 is 2.67 bits per heavy atom. The number of hydrogen-bond acceptors (Lipinski definition) is 7. The maximum Gasteiger partial charge on any atom is 0.265 e. The molecule has 1 aromatic heterocycles. The van der Waals surface area contributed by atoms with E-state index in [-0.39, 0.29) is 30.5 Å². The number of piperidine rings is 1. The number of likely N-dealkylation sites (tertiary alicyclic amines) is 1. The van der Waals surface area contributed by atoms with Crippen LogP contribution in [0.15, 0.2) is 5.38 Å². The van der Waals surface area contributed by atoms with Crippen LogP contribution in [0, 0.1) is 0 Å². The molecule has 0 aliphatic carbocycles. The third-order valence-corrected chi connectivity index (χ3v) is 5.14. The molecule has 0 bridgehead atoms. The summed E-state index contributed by atoms with van der Waals surface area (Å²) in [6.07, 6.45) is -0.723. The fourth-order valence-electron chi connectivity index (χ4n) is 3.05. The second kappa shape index (κ2) is 5.99. The number of carbonyl (C=O) groups is 4. The highest BCUT2D eigenvalue weighted by Gasteiger charge is 2.48. The van der Waals surface area contributed by atoms with E-state index in [1.807, 2.05) is 0 Å². The Morgan fingerprint density at radius 1 is 1.33 bits per heavy atom. The van der Waals surface area contributed by atoms with Gasteiger partial charge in [-0.15, -0.1) is 11.3 Å². The number of nitrogens with zero attached hydrogens (tertiary/aromatic N) is 2. The van der Waals surface area contributed by atoms with Crippen molar-refractivity contribution in [3.63, 3.8) is 0 Å². The maximum absolute atomic E-state index is 12.7. The number of rotatable bonds is 4. The van der Waals surface area contributed by atoms with Gasteiger partial charge in [-0.1, -0.05) is 0 Å². The van der Waals surface area contributed by atoms with E-state index in [9.17, 15) is 24.3 Å². The molecule has 0 spiro atoms. The molecule has 128 valence electrons. The van der Waals surface area contributed by atoms with Crippen LogP contribution < -0.4 is 5.32 Å². The Hall–Kier alpha value is -2.26. The van der Waals surface area contributed by atoms with E-state index in [1.54, 1.807) is 12.4 Å². The van der Waals surface area contributed by atoms with E-state index in [4.69, 9.17) is 0 Å². The Bertz CT molecular complexity index is 741. The average molecular weight is 351 g/mol. The first-order valence-corrected chi connectivity index (χ1v) is 8.44. The van der Waals surface area contributed by atoms with Gasteiger partial charge in [-0.05, 0) is 13.3 Å². The SMILES string of the molecule is CNc1scc2c1C(=O)N(C1CCC(=O)N(CC(C)O)C1=O)C2=O. The normalized spacial score (nSPS) is 22.2. The van der Waals surface area contributed by atoms with Crippen molar-refractivity contribution in [2.24, 2.45) is 0 Å². The van der Waals surface area contributed by atoms with Crippen LogP contribution in [-0.4, -0.2) is 64.3 Å². The van der Waals surface area contributed by atoms with Crippen LogP contribution in [0.2, 0.25) is 0 Å². The van der Waals surface area contributed by atoms with E-state index >= 15 is 0 Å². The molecule has 3 rings (SSSR count). The number of aliphatic hydroxyl groups excluding tert-OH is 1. The number of fused-ring (bicyclic) bond motifs is 1. The summed E-state index contributed by atoms with van der Waals surface area (Å²) >= 11 is 1.26. The molecule has 4 amide bonds. The zero-order valence-corrected chi connectivity index (χ0v) is 14.1. The Morgan fingerprint density at radius 2 is 2.04 bits per heavy atom. The third-order valence-electron chi connectivity index (χ3n) is 4.14. The second-order valence-corrected chi connectivity index (χ2v) is 6.71. The number of thiophene rings is 1. The molecule has 1 fully saturated rings. The van der Waals surface area contributed by atoms with Crippen LogP contribution in [0.25, 0.3) is 0 Å². The Balaban J connectivity index is 1.91. The first kappa shape index (κ1) is 16.6. The molecule has 2 N–H and O–H groups in total. The van der Waals surface area contributed by atoms with Gasteiger partial charge >= 0.3 is 0 Å². The van der Waals surface area contributed by atoms with Crippen molar-refractivity contribution < 1.29 is 24.3 Å². The van der Waals surface area contributed by atoms with Gasteiger partial charge in [0.15, 0.2) is 0 Å². The molecule has 1 aromatic rings. The smallest absolute Gasteiger partial charge is 0.265 e. The molecule has 24 heavy (non-hydrogen) atoms. The fraction of sp³-hybridized carbons (Fsp3) is 0.467. The van der Waals surface area contributed by atoms with E-state index in [1.165, 1.54) is 18.3 Å². The molecule has 0 aromatic carbocycles. The lowest BCUT2D eigenvalue weighted by atomic mass is 10.0. The lowest BCUT2D eigenvalue weighted by Gasteiger charge is -2.35. The quantitative estimate of drug-likeness (QED) is 0.755. The summed E-state index contributed by atoms with van der Waals surface area (Å²) in [6.45, 7) is 1.32. The standard InChI is InChI=1S/C15H17N3O5S/c1-7(19)5-17-10(20)4-3-9(14(17)22)18-13(21)8-6-24-12(16-2)11(8)15(18)23/h6-7,9,16,19H,3-5H2,1-2H3. The van der Waals surface area contributed by atoms with Crippen molar-refractivity contribution in [3.8, 4) is 0 Å². The number of β-amino-alcohol motifs (C(OH)–C–C–N with tert-alkyl or cyclic N) is 1. The van der Waals surface area contributed by atoms with Gasteiger partial charge in [-0.25, -0.2) is 0 Å². The summed E-state index contributed by atoms with van der Waals surface area (Å²) < 4.78 is 0. The predicted molar refractivity (Wildman–Crippen MR) is 85.8 cm³/mol. The zero-order valence-electron chi connectivity index (χ0n) is 13.2. The number of carbonyl (C=O) groups excluding carboxylic acids is 4. The summed E-state index contributed by atoms with van der Waals surface area (Å²) in [5, 5.41) is 14.5. The zero-order chi connectivity index (χ0) is 17.6. The van der Waals surface area contributed by atoms with Crippen molar-refractivity contribution in [1.82, 2.24) is 9.80 Å². The maximum atomic E-state index is 12.7. The molecule has 2 aliphatic heterocycles. The summed E-state index contributed by atoms with van der Waals surface area (Å²) in [5.74, 6) is -2.06. The monoisotopic (exact) mass is 351 g/mol. The minimum Gasteiger partial charge on any atom is -0.392 e. The molecule has 2 unspecified atom stereocenters. The molecule has 0 saturated carbocycles. The number of nitrogens with one attached hydrogen (secondary N) is 1. The van der Waals surface area contributed by atoms with Crippen LogP contribution in [-0.2, 0) is 9.59 Å².